The summed E-state index contributed by atoms with van der Waals surface area (Å²) >= 11 is 0. The number of hydrogen-bond acceptors (Lipinski definition) is 4. The summed E-state index contributed by atoms with van der Waals surface area (Å²) < 4.78 is 3.70. The standard InChI is InChI=1S/C13H20N6O/c1-4-18-10-14-16-12(18)9-17(3)13(20)11(2)8-19-7-5-6-15-19/h5-7,10-11H,4,8-9H2,1-3H3/t11-/m1/s1. The lowest BCUT2D eigenvalue weighted by Gasteiger charge is -2.21. The first-order valence-corrected chi connectivity index (χ1v) is 6.71. The highest BCUT2D eigenvalue weighted by atomic mass is 16.2. The van der Waals surface area contributed by atoms with Crippen molar-refractivity contribution in [3.63, 3.8) is 0 Å². The molecule has 20 heavy (non-hydrogen) atoms. The molecule has 7 nitrogen and oxygen atoms in total. The van der Waals surface area contributed by atoms with E-state index in [4.69, 9.17) is 0 Å². The van der Waals surface area contributed by atoms with Crippen LogP contribution in [0.3, 0.4) is 0 Å². The Morgan fingerprint density at radius 1 is 1.50 bits per heavy atom. The molecule has 1 amide bonds. The second-order valence-corrected chi connectivity index (χ2v) is 4.86. The Balaban J connectivity index is 1.94. The van der Waals surface area contributed by atoms with Gasteiger partial charge in [0.15, 0.2) is 5.82 Å². The molecule has 2 aromatic rings. The molecule has 1 atom stereocenters. The predicted molar refractivity (Wildman–Crippen MR) is 73.6 cm³/mol. The SMILES string of the molecule is CCn1cnnc1CN(C)C(=O)[C@H](C)Cn1cccn1. The Morgan fingerprint density at radius 2 is 2.30 bits per heavy atom. The number of carbonyl (C=O) groups excluding carboxylic acids is 1. The summed E-state index contributed by atoms with van der Waals surface area (Å²) in [6, 6.07) is 1.85. The van der Waals surface area contributed by atoms with E-state index in [0.29, 0.717) is 13.1 Å². The van der Waals surface area contributed by atoms with Gasteiger partial charge in [-0.25, -0.2) is 0 Å². The minimum Gasteiger partial charge on any atom is -0.338 e. The first kappa shape index (κ1) is 14.2. The van der Waals surface area contributed by atoms with Gasteiger partial charge in [-0.3, -0.25) is 9.48 Å². The highest BCUT2D eigenvalue weighted by molar-refractivity contribution is 5.78. The molecule has 0 aromatic carbocycles. The van der Waals surface area contributed by atoms with Crippen LogP contribution in [0.5, 0.6) is 0 Å². The minimum absolute atomic E-state index is 0.0751. The van der Waals surface area contributed by atoms with E-state index in [2.05, 4.69) is 15.3 Å². The van der Waals surface area contributed by atoms with Crippen molar-refractivity contribution in [3.05, 3.63) is 30.6 Å². The van der Waals surface area contributed by atoms with Crippen LogP contribution >= 0.6 is 0 Å². The molecule has 0 radical (unpaired) electrons. The maximum atomic E-state index is 12.3. The van der Waals surface area contributed by atoms with Crippen LogP contribution in [0.4, 0.5) is 0 Å². The van der Waals surface area contributed by atoms with E-state index in [1.165, 1.54) is 0 Å². The zero-order valence-electron chi connectivity index (χ0n) is 12.1. The molecule has 0 aliphatic rings. The number of amides is 1. The second kappa shape index (κ2) is 6.31. The molecule has 0 bridgehead atoms. The fourth-order valence-corrected chi connectivity index (χ4v) is 2.10. The van der Waals surface area contributed by atoms with Crippen molar-refractivity contribution in [1.82, 2.24) is 29.4 Å². The van der Waals surface area contributed by atoms with E-state index >= 15 is 0 Å². The van der Waals surface area contributed by atoms with Gasteiger partial charge >= 0.3 is 0 Å². The average Bonchev–Trinajstić information content (AvgIpc) is 3.08. The van der Waals surface area contributed by atoms with E-state index in [-0.39, 0.29) is 11.8 Å². The monoisotopic (exact) mass is 276 g/mol. The van der Waals surface area contributed by atoms with Gasteiger partial charge in [0, 0.05) is 26.0 Å². The number of nitrogens with zero attached hydrogens (tertiary/aromatic N) is 6. The third-order valence-electron chi connectivity index (χ3n) is 3.23. The molecule has 0 fully saturated rings. The Hall–Kier alpha value is -2.18. The summed E-state index contributed by atoms with van der Waals surface area (Å²) in [7, 11) is 1.79. The number of carbonyl (C=O) groups is 1. The van der Waals surface area contributed by atoms with Gasteiger partial charge in [0.1, 0.15) is 6.33 Å². The first-order chi connectivity index (χ1) is 9.61. The molecular formula is C13H20N6O. The Morgan fingerprint density at radius 3 is 2.95 bits per heavy atom. The van der Waals surface area contributed by atoms with Gasteiger partial charge in [-0.15, -0.1) is 10.2 Å². The highest BCUT2D eigenvalue weighted by Crippen LogP contribution is 2.07. The summed E-state index contributed by atoms with van der Waals surface area (Å²) in [5.41, 5.74) is 0. The predicted octanol–water partition coefficient (Wildman–Crippen LogP) is 0.789. The summed E-state index contributed by atoms with van der Waals surface area (Å²) in [5, 5.41) is 12.0. The normalized spacial score (nSPS) is 12.3. The summed E-state index contributed by atoms with van der Waals surface area (Å²) in [6.45, 7) is 5.78. The van der Waals surface area contributed by atoms with Crippen molar-refractivity contribution in [2.75, 3.05) is 7.05 Å². The van der Waals surface area contributed by atoms with Gasteiger partial charge in [-0.1, -0.05) is 6.92 Å². The number of aryl methyl sites for hydroxylation is 1. The van der Waals surface area contributed by atoms with Crippen LogP contribution < -0.4 is 0 Å². The van der Waals surface area contributed by atoms with Crippen LogP contribution in [-0.4, -0.2) is 42.4 Å². The van der Waals surface area contributed by atoms with Crippen molar-refractivity contribution in [1.29, 1.82) is 0 Å². The lowest BCUT2D eigenvalue weighted by Crippen LogP contribution is -2.34. The van der Waals surface area contributed by atoms with E-state index in [9.17, 15) is 4.79 Å². The van der Waals surface area contributed by atoms with Gasteiger partial charge in [0.05, 0.1) is 19.0 Å². The van der Waals surface area contributed by atoms with Crippen molar-refractivity contribution >= 4 is 5.91 Å². The molecule has 2 heterocycles. The second-order valence-electron chi connectivity index (χ2n) is 4.86. The topological polar surface area (TPSA) is 68.8 Å². The van der Waals surface area contributed by atoms with Crippen LogP contribution in [0.1, 0.15) is 19.7 Å². The molecule has 0 saturated carbocycles. The Bertz CT molecular complexity index is 547. The quantitative estimate of drug-likeness (QED) is 0.782. The van der Waals surface area contributed by atoms with Gasteiger partial charge in [-0.2, -0.15) is 5.10 Å². The molecule has 0 saturated heterocycles. The summed E-state index contributed by atoms with van der Waals surface area (Å²) in [6.07, 6.45) is 5.25. The van der Waals surface area contributed by atoms with Crippen LogP contribution in [-0.2, 0) is 24.4 Å². The maximum Gasteiger partial charge on any atom is 0.227 e. The first-order valence-electron chi connectivity index (χ1n) is 6.71. The van der Waals surface area contributed by atoms with E-state index < -0.39 is 0 Å². The lowest BCUT2D eigenvalue weighted by atomic mass is 10.1. The van der Waals surface area contributed by atoms with Gasteiger partial charge in [-0.05, 0) is 13.0 Å². The number of hydrogen-bond donors (Lipinski definition) is 0. The van der Waals surface area contributed by atoms with Gasteiger partial charge < -0.3 is 9.47 Å². The lowest BCUT2D eigenvalue weighted by molar-refractivity contribution is -0.134. The minimum atomic E-state index is -0.127. The molecule has 0 aliphatic carbocycles. The van der Waals surface area contributed by atoms with Crippen LogP contribution in [0.15, 0.2) is 24.8 Å². The van der Waals surface area contributed by atoms with Crippen molar-refractivity contribution in [2.24, 2.45) is 5.92 Å². The fraction of sp³-hybridized carbons (Fsp3) is 0.538. The van der Waals surface area contributed by atoms with Crippen molar-refractivity contribution in [2.45, 2.75) is 33.5 Å². The average molecular weight is 276 g/mol. The smallest absolute Gasteiger partial charge is 0.227 e. The van der Waals surface area contributed by atoms with Crippen LogP contribution in [0, 0.1) is 5.92 Å². The molecule has 0 N–H and O–H groups in total. The molecule has 108 valence electrons. The fourth-order valence-electron chi connectivity index (χ4n) is 2.10. The molecule has 0 spiro atoms. The molecular weight excluding hydrogens is 256 g/mol. The highest BCUT2D eigenvalue weighted by Gasteiger charge is 2.19. The maximum absolute atomic E-state index is 12.3. The number of aromatic nitrogens is 5. The Labute approximate surface area is 118 Å². The van der Waals surface area contributed by atoms with E-state index in [1.54, 1.807) is 29.2 Å². The molecule has 7 heteroatoms. The molecule has 2 aromatic heterocycles. The van der Waals surface area contributed by atoms with E-state index in [1.807, 2.05) is 30.7 Å². The summed E-state index contributed by atoms with van der Waals surface area (Å²) in [4.78, 5) is 14.0. The molecule has 0 aliphatic heterocycles. The zero-order valence-corrected chi connectivity index (χ0v) is 12.1. The third kappa shape index (κ3) is 3.23. The van der Waals surface area contributed by atoms with Crippen molar-refractivity contribution < 1.29 is 4.79 Å². The molecule has 0 unspecified atom stereocenters. The van der Waals surface area contributed by atoms with Crippen molar-refractivity contribution in [3.8, 4) is 0 Å². The van der Waals surface area contributed by atoms with Crippen LogP contribution in [0.25, 0.3) is 0 Å². The van der Waals surface area contributed by atoms with Crippen LogP contribution in [0.2, 0.25) is 0 Å². The Kier molecular flexibility index (Phi) is 4.49. The molecule has 2 rings (SSSR count). The van der Waals surface area contributed by atoms with E-state index in [0.717, 1.165) is 12.4 Å². The third-order valence-corrected chi connectivity index (χ3v) is 3.23. The van der Waals surface area contributed by atoms with Gasteiger partial charge in [0.25, 0.3) is 0 Å². The largest absolute Gasteiger partial charge is 0.338 e. The van der Waals surface area contributed by atoms with Gasteiger partial charge in [0.2, 0.25) is 5.91 Å². The number of rotatable bonds is 6. The summed E-state index contributed by atoms with van der Waals surface area (Å²) in [5.74, 6) is 0.749. The zero-order chi connectivity index (χ0) is 14.5.